The van der Waals surface area contributed by atoms with E-state index in [1.807, 2.05) is 18.2 Å². The summed E-state index contributed by atoms with van der Waals surface area (Å²) < 4.78 is 1.42. The van der Waals surface area contributed by atoms with Crippen LogP contribution in [0.25, 0.3) is 11.1 Å². The molecule has 0 aliphatic heterocycles. The van der Waals surface area contributed by atoms with E-state index in [-0.39, 0.29) is 0 Å². The molecule has 3 heteroatoms. The van der Waals surface area contributed by atoms with Gasteiger partial charge in [-0.2, -0.15) is 50.1 Å². The third-order valence-corrected chi connectivity index (χ3v) is 3.20. The van der Waals surface area contributed by atoms with Gasteiger partial charge in [-0.05, 0) is 6.42 Å². The second kappa shape index (κ2) is 15.7. The Kier molecular flexibility index (Phi) is 14.7. The smallest absolute Gasteiger partial charge is 0.0253 e. The van der Waals surface area contributed by atoms with Crippen molar-refractivity contribution >= 4 is 3.81 Å². The van der Waals surface area contributed by atoms with E-state index >= 15 is 0 Å². The van der Waals surface area contributed by atoms with Crippen molar-refractivity contribution in [2.24, 2.45) is 0 Å². The van der Waals surface area contributed by atoms with E-state index in [1.54, 1.807) is 0 Å². The summed E-state index contributed by atoms with van der Waals surface area (Å²) in [5.74, 6) is 0. The van der Waals surface area contributed by atoms with Crippen molar-refractivity contribution in [3.8, 4) is 11.1 Å². The van der Waals surface area contributed by atoms with Gasteiger partial charge in [0.1, 0.15) is 0 Å². The molecule has 2 aromatic rings. The molecule has 0 heterocycles. The summed E-state index contributed by atoms with van der Waals surface area (Å²) in [4.78, 5) is 0. The molecule has 0 saturated carbocycles. The van der Waals surface area contributed by atoms with Crippen molar-refractivity contribution in [3.05, 3.63) is 84.0 Å². The summed E-state index contributed by atoms with van der Waals surface area (Å²) in [7, 11) is 1.50. The first-order valence-electron chi connectivity index (χ1n) is 8.31. The molecule has 0 spiro atoms. The molecule has 4 rings (SSSR count). The second-order valence-corrected chi connectivity index (χ2v) is 6.96. The Bertz CT molecular complexity index is 645. The van der Waals surface area contributed by atoms with Crippen molar-refractivity contribution in [2.45, 2.75) is 26.7 Å². The maximum Gasteiger partial charge on any atom is -0.0253 e. The predicted octanol–water partition coefficient (Wildman–Crippen LogP) is 3.06. The quantitative estimate of drug-likeness (QED) is 0.443. The Morgan fingerprint density at radius 2 is 1.58 bits per heavy atom. The van der Waals surface area contributed by atoms with Gasteiger partial charge in [0.25, 0.3) is 0 Å². The van der Waals surface area contributed by atoms with E-state index in [1.165, 1.54) is 26.1 Å². The van der Waals surface area contributed by atoms with Gasteiger partial charge < -0.3 is 10.2 Å². The predicted molar refractivity (Wildman–Crippen MR) is 103 cm³/mol. The average molecular weight is 382 g/mol. The van der Waals surface area contributed by atoms with Crippen LogP contribution in [-0.4, -0.2) is 18.0 Å². The van der Waals surface area contributed by atoms with E-state index in [9.17, 15) is 0 Å². The molecule has 0 N–H and O–H groups in total. The van der Waals surface area contributed by atoms with Crippen LogP contribution in [0, 0.1) is 12.1 Å². The first-order valence-corrected chi connectivity index (χ1v) is 9.09. The van der Waals surface area contributed by atoms with Crippen LogP contribution in [0.5, 0.6) is 0 Å². The van der Waals surface area contributed by atoms with Gasteiger partial charge in [0, 0.05) is 0 Å². The van der Waals surface area contributed by atoms with Crippen molar-refractivity contribution < 1.29 is 30.2 Å². The van der Waals surface area contributed by atoms with Crippen LogP contribution in [0.2, 0.25) is 0 Å². The van der Waals surface area contributed by atoms with Crippen molar-refractivity contribution in [1.29, 1.82) is 0 Å². The molecule has 2 aromatic carbocycles. The van der Waals surface area contributed by atoms with E-state index in [4.69, 9.17) is 10.2 Å². The zero-order chi connectivity index (χ0) is 19.8. The summed E-state index contributed by atoms with van der Waals surface area (Å²) in [6.07, 6.45) is 11.0. The van der Waals surface area contributed by atoms with Crippen LogP contribution in [0.4, 0.5) is 0 Å². The first-order chi connectivity index (χ1) is 12.7. The van der Waals surface area contributed by atoms with Gasteiger partial charge in [0.05, 0.1) is 0 Å². The molecule has 2 aliphatic rings. The van der Waals surface area contributed by atoms with Crippen LogP contribution >= 0.6 is 0 Å². The van der Waals surface area contributed by atoms with Crippen LogP contribution in [0.15, 0.2) is 60.7 Å². The SMILES string of the molecule is C[C](C)=[Ti+2].C[O-].C[O-].[C-]1=CC=CC1.[c-]1cccc2c1Cc1ccccc1-2. The van der Waals surface area contributed by atoms with Gasteiger partial charge in [-0.1, -0.05) is 35.4 Å². The Balaban J connectivity index is 0.000000403. The Morgan fingerprint density at radius 3 is 2.12 bits per heavy atom. The summed E-state index contributed by atoms with van der Waals surface area (Å²) in [5.41, 5.74) is 5.51. The number of fused-ring (bicyclic) bond motifs is 3. The average Bonchev–Trinajstić information content (AvgIpc) is 3.36. The van der Waals surface area contributed by atoms with Crippen molar-refractivity contribution in [3.63, 3.8) is 0 Å². The summed E-state index contributed by atoms with van der Waals surface area (Å²) in [5, 5.41) is 16.5. The molecular weight excluding hydrogens is 356 g/mol. The number of hydrogen-bond acceptors (Lipinski definition) is 2. The molecule has 2 nitrogen and oxygen atoms in total. The number of allylic oxidation sites excluding steroid dienone is 4. The largest absolute Gasteiger partial charge is 0.857 e. The molecule has 0 unspecified atom stereocenters. The molecule has 136 valence electrons. The fourth-order valence-electron chi connectivity index (χ4n) is 2.34. The second-order valence-electron chi connectivity index (χ2n) is 5.40. The number of hydrogen-bond donors (Lipinski definition) is 0. The van der Waals surface area contributed by atoms with E-state index in [0.29, 0.717) is 0 Å². The van der Waals surface area contributed by atoms with Gasteiger partial charge in [-0.3, -0.25) is 6.08 Å². The van der Waals surface area contributed by atoms with Gasteiger partial charge in [0.15, 0.2) is 0 Å². The van der Waals surface area contributed by atoms with Crippen molar-refractivity contribution in [2.75, 3.05) is 14.2 Å². The van der Waals surface area contributed by atoms with E-state index in [0.717, 1.165) is 27.1 Å². The zero-order valence-electron chi connectivity index (χ0n) is 16.0. The zero-order valence-corrected chi connectivity index (χ0v) is 17.6. The van der Waals surface area contributed by atoms with Gasteiger partial charge in [-0.25, -0.2) is 12.2 Å². The van der Waals surface area contributed by atoms with Crippen molar-refractivity contribution in [1.82, 2.24) is 0 Å². The Labute approximate surface area is 169 Å². The normalized spacial score (nSPS) is 11.1. The minimum atomic E-state index is 0.750. The molecule has 0 saturated heterocycles. The maximum atomic E-state index is 8.25. The summed E-state index contributed by atoms with van der Waals surface area (Å²) >= 11 is 2.08. The van der Waals surface area contributed by atoms with E-state index < -0.39 is 0 Å². The topological polar surface area (TPSA) is 46.1 Å². The molecule has 2 aliphatic carbocycles. The van der Waals surface area contributed by atoms with Crippen LogP contribution in [0.3, 0.4) is 0 Å². The molecule has 0 aromatic heterocycles. The van der Waals surface area contributed by atoms with Crippen LogP contribution in [-0.2, 0) is 26.4 Å². The first kappa shape index (κ1) is 24.4. The minimum absolute atomic E-state index is 0.750. The molecule has 26 heavy (non-hydrogen) atoms. The Hall–Kier alpha value is -1.58. The summed E-state index contributed by atoms with van der Waals surface area (Å²) in [6, 6.07) is 18.1. The minimum Gasteiger partial charge on any atom is -0.857 e. The molecule has 0 radical (unpaired) electrons. The number of benzene rings is 2. The number of rotatable bonds is 0. The third kappa shape index (κ3) is 9.21. The van der Waals surface area contributed by atoms with Gasteiger partial charge in [0.2, 0.25) is 0 Å². The molecule has 0 fully saturated rings. The monoisotopic (exact) mass is 382 g/mol. The van der Waals surface area contributed by atoms with Crippen LogP contribution in [0.1, 0.15) is 31.4 Å². The molecule has 0 bridgehead atoms. The molecular formula is C23H26O2Ti-2. The van der Waals surface area contributed by atoms with Gasteiger partial charge in [-0.15, -0.1) is 12.0 Å². The molecule has 0 amide bonds. The fourth-order valence-corrected chi connectivity index (χ4v) is 2.34. The third-order valence-electron chi connectivity index (χ3n) is 3.20. The van der Waals surface area contributed by atoms with E-state index in [2.05, 4.69) is 88.4 Å². The standard InChI is InChI=1S/C13H9.C5H5.C3H6.2CH3O.Ti/c1-3-7-12-10(5-1)9-11-6-2-4-8-13(11)12;1-2-4-5-3-1;1-3-2;2*1-2;/h1-5,7-8H,9H2;1-3H,4H2;1-2H3;2*1H3;/q2*-1;;2*-1;+2. The van der Waals surface area contributed by atoms with Gasteiger partial charge >= 0.3 is 37.6 Å². The Morgan fingerprint density at radius 1 is 0.962 bits per heavy atom. The summed E-state index contributed by atoms with van der Waals surface area (Å²) in [6.45, 7) is 4.17. The fraction of sp³-hybridized carbons (Fsp3) is 0.261. The molecule has 0 atom stereocenters. The van der Waals surface area contributed by atoms with Crippen LogP contribution < -0.4 is 10.2 Å². The maximum absolute atomic E-state index is 8.25.